The van der Waals surface area contributed by atoms with Gasteiger partial charge in [-0.15, -0.1) is 0 Å². The van der Waals surface area contributed by atoms with Gasteiger partial charge in [-0.25, -0.2) is 4.79 Å². The molecule has 0 heterocycles. The molecule has 1 saturated carbocycles. The highest BCUT2D eigenvalue weighted by Gasteiger charge is 2.51. The van der Waals surface area contributed by atoms with Crippen molar-refractivity contribution in [2.24, 2.45) is 5.92 Å². The monoisotopic (exact) mass is 305 g/mol. The molecule has 1 aromatic carbocycles. The van der Waals surface area contributed by atoms with Crippen LogP contribution < -0.4 is 5.32 Å². The highest BCUT2D eigenvalue weighted by atomic mass is 16.6. The quantitative estimate of drug-likeness (QED) is 0.786. The first-order valence-corrected chi connectivity index (χ1v) is 7.78. The molecule has 1 aromatic rings. The van der Waals surface area contributed by atoms with Gasteiger partial charge in [0.15, 0.2) is 0 Å². The zero-order valence-electron chi connectivity index (χ0n) is 13.1. The maximum atomic E-state index is 11.7. The van der Waals surface area contributed by atoms with Crippen molar-refractivity contribution in [3.05, 3.63) is 35.9 Å². The number of hydrogen-bond acceptors (Lipinski definition) is 4. The van der Waals surface area contributed by atoms with Gasteiger partial charge in [0.1, 0.15) is 12.7 Å². The number of nitrogens with one attached hydrogen (secondary N) is 1. The molecular formula is C17H23NO4. The molecule has 0 saturated heterocycles. The van der Waals surface area contributed by atoms with E-state index in [0.717, 1.165) is 18.4 Å². The molecule has 0 bridgehead atoms. The van der Waals surface area contributed by atoms with Crippen LogP contribution in [0.4, 0.5) is 4.79 Å². The number of ether oxygens (including phenoxy) is 2. The van der Waals surface area contributed by atoms with Crippen LogP contribution >= 0.6 is 0 Å². The fourth-order valence-corrected chi connectivity index (χ4v) is 2.25. The van der Waals surface area contributed by atoms with Crippen LogP contribution in [-0.2, 0) is 20.9 Å². The van der Waals surface area contributed by atoms with E-state index in [0.29, 0.717) is 6.42 Å². The Bertz CT molecular complexity index is 503. The molecule has 3 atom stereocenters. The average molecular weight is 305 g/mol. The second-order valence-electron chi connectivity index (χ2n) is 5.65. The topological polar surface area (TPSA) is 64.6 Å². The van der Waals surface area contributed by atoms with E-state index in [2.05, 4.69) is 5.32 Å². The lowest BCUT2D eigenvalue weighted by Gasteiger charge is -2.07. The molecule has 0 spiro atoms. The Hall–Kier alpha value is -2.04. The maximum absolute atomic E-state index is 11.7. The molecule has 120 valence electrons. The number of benzene rings is 1. The van der Waals surface area contributed by atoms with Crippen LogP contribution in [-0.4, -0.2) is 24.2 Å². The van der Waals surface area contributed by atoms with Crippen molar-refractivity contribution in [1.29, 1.82) is 0 Å². The fourth-order valence-electron chi connectivity index (χ4n) is 2.25. The van der Waals surface area contributed by atoms with Crippen molar-refractivity contribution in [1.82, 2.24) is 5.32 Å². The fraction of sp³-hybridized carbons (Fsp3) is 0.529. The molecule has 0 radical (unpaired) electrons. The molecule has 5 heteroatoms. The lowest BCUT2D eigenvalue weighted by atomic mass is 10.2. The molecule has 1 aliphatic carbocycles. The number of amides is 1. The van der Waals surface area contributed by atoms with Crippen molar-refractivity contribution >= 4 is 12.1 Å². The Labute approximate surface area is 131 Å². The Morgan fingerprint density at radius 2 is 1.95 bits per heavy atom. The minimum Gasteiger partial charge on any atom is -0.460 e. The van der Waals surface area contributed by atoms with Gasteiger partial charge in [-0.2, -0.15) is 0 Å². The third kappa shape index (κ3) is 4.76. The number of carbonyl (C=O) groups is 2. The molecule has 3 unspecified atom stereocenters. The van der Waals surface area contributed by atoms with E-state index in [1.165, 1.54) is 0 Å². The van der Waals surface area contributed by atoms with Crippen molar-refractivity contribution in [2.45, 2.75) is 51.9 Å². The molecular weight excluding hydrogens is 282 g/mol. The van der Waals surface area contributed by atoms with E-state index in [1.807, 2.05) is 44.2 Å². The third-order valence-corrected chi connectivity index (χ3v) is 3.80. The van der Waals surface area contributed by atoms with Gasteiger partial charge in [0.25, 0.3) is 0 Å². The van der Waals surface area contributed by atoms with E-state index < -0.39 is 6.09 Å². The second kappa shape index (κ2) is 7.82. The summed E-state index contributed by atoms with van der Waals surface area (Å²) < 4.78 is 10.5. The van der Waals surface area contributed by atoms with E-state index in [9.17, 15) is 9.59 Å². The van der Waals surface area contributed by atoms with Crippen molar-refractivity contribution in [3.63, 3.8) is 0 Å². The molecule has 2 rings (SSSR count). The second-order valence-corrected chi connectivity index (χ2v) is 5.65. The van der Waals surface area contributed by atoms with Gasteiger partial charge in [0.05, 0.1) is 6.04 Å². The molecule has 1 N–H and O–H groups in total. The van der Waals surface area contributed by atoms with Crippen molar-refractivity contribution < 1.29 is 19.1 Å². The number of unbranched alkanes of at least 4 members (excludes halogenated alkanes) is 1. The van der Waals surface area contributed by atoms with Crippen molar-refractivity contribution in [2.75, 3.05) is 0 Å². The predicted molar refractivity (Wildman–Crippen MR) is 82.1 cm³/mol. The smallest absolute Gasteiger partial charge is 0.407 e. The van der Waals surface area contributed by atoms with Gasteiger partial charge in [-0.05, 0) is 12.0 Å². The zero-order chi connectivity index (χ0) is 15.9. The third-order valence-electron chi connectivity index (χ3n) is 3.80. The molecule has 1 aliphatic rings. The van der Waals surface area contributed by atoms with Crippen LogP contribution in [0.1, 0.15) is 38.7 Å². The summed E-state index contributed by atoms with van der Waals surface area (Å²) in [5, 5.41) is 2.75. The van der Waals surface area contributed by atoms with Crippen LogP contribution in [0, 0.1) is 5.92 Å². The highest BCUT2D eigenvalue weighted by Crippen LogP contribution is 2.34. The maximum Gasteiger partial charge on any atom is 0.407 e. The Morgan fingerprint density at radius 1 is 1.23 bits per heavy atom. The lowest BCUT2D eigenvalue weighted by Crippen LogP contribution is -2.29. The number of carbonyl (C=O) groups excluding carboxylic acids is 2. The minimum absolute atomic E-state index is 0.134. The Morgan fingerprint density at radius 3 is 2.64 bits per heavy atom. The Kier molecular flexibility index (Phi) is 5.81. The number of alkyl carbamates (subject to hydrolysis) is 1. The minimum atomic E-state index is -0.479. The zero-order valence-corrected chi connectivity index (χ0v) is 13.1. The van der Waals surface area contributed by atoms with E-state index in [4.69, 9.17) is 9.47 Å². The SMILES string of the molecule is CCCCC(=O)OC1C(C)C1NC(=O)OCc1ccccc1. The van der Waals surface area contributed by atoms with Crippen LogP contribution in [0.5, 0.6) is 0 Å². The number of rotatable bonds is 7. The van der Waals surface area contributed by atoms with Gasteiger partial charge in [-0.1, -0.05) is 50.6 Å². The van der Waals surface area contributed by atoms with Gasteiger partial charge < -0.3 is 14.8 Å². The first kappa shape index (κ1) is 16.3. The van der Waals surface area contributed by atoms with Crippen LogP contribution in [0.15, 0.2) is 30.3 Å². The standard InChI is InChI=1S/C17H23NO4/c1-3-4-10-14(19)22-16-12(2)15(16)18-17(20)21-11-13-8-6-5-7-9-13/h5-9,12,15-16H,3-4,10-11H2,1-2H3,(H,18,20). The summed E-state index contributed by atoms with van der Waals surface area (Å²) in [6.45, 7) is 4.20. The highest BCUT2D eigenvalue weighted by molar-refractivity contribution is 5.71. The Balaban J connectivity index is 1.68. The summed E-state index contributed by atoms with van der Waals surface area (Å²) >= 11 is 0. The van der Waals surface area contributed by atoms with Crippen molar-refractivity contribution in [3.8, 4) is 0 Å². The van der Waals surface area contributed by atoms with E-state index >= 15 is 0 Å². The summed E-state index contributed by atoms with van der Waals surface area (Å²) in [4.78, 5) is 23.3. The summed E-state index contributed by atoms with van der Waals surface area (Å²) in [6, 6.07) is 9.34. The normalized spacial score (nSPS) is 22.7. The van der Waals surface area contributed by atoms with Crippen LogP contribution in [0.25, 0.3) is 0 Å². The molecule has 0 aliphatic heterocycles. The summed E-state index contributed by atoms with van der Waals surface area (Å²) in [7, 11) is 0. The van der Waals surface area contributed by atoms with Crippen LogP contribution in [0.2, 0.25) is 0 Å². The first-order chi connectivity index (χ1) is 10.6. The lowest BCUT2D eigenvalue weighted by molar-refractivity contribution is -0.145. The number of hydrogen-bond donors (Lipinski definition) is 1. The largest absolute Gasteiger partial charge is 0.460 e. The van der Waals surface area contributed by atoms with Gasteiger partial charge in [0, 0.05) is 12.3 Å². The summed E-state index contributed by atoms with van der Waals surface area (Å²) in [5.41, 5.74) is 0.934. The van der Waals surface area contributed by atoms with E-state index in [1.54, 1.807) is 0 Å². The van der Waals surface area contributed by atoms with Gasteiger partial charge in [-0.3, -0.25) is 4.79 Å². The van der Waals surface area contributed by atoms with Gasteiger partial charge in [0.2, 0.25) is 0 Å². The summed E-state index contributed by atoms with van der Waals surface area (Å²) in [6.07, 6.45) is 1.52. The molecule has 5 nitrogen and oxygen atoms in total. The molecule has 0 aromatic heterocycles. The summed E-state index contributed by atoms with van der Waals surface area (Å²) in [5.74, 6) is -0.0597. The average Bonchev–Trinajstić information content (AvgIpc) is 3.12. The predicted octanol–water partition coefficient (Wildman–Crippen LogP) is 3.03. The molecule has 1 amide bonds. The molecule has 22 heavy (non-hydrogen) atoms. The van der Waals surface area contributed by atoms with Gasteiger partial charge >= 0.3 is 12.1 Å². The first-order valence-electron chi connectivity index (χ1n) is 7.78. The number of esters is 1. The van der Waals surface area contributed by atoms with E-state index in [-0.39, 0.29) is 30.6 Å². The van der Waals surface area contributed by atoms with Crippen LogP contribution in [0.3, 0.4) is 0 Å². The molecule has 1 fully saturated rings.